The lowest BCUT2D eigenvalue weighted by molar-refractivity contribution is -0.136. The molecule has 0 saturated heterocycles. The molecule has 2 N–H and O–H groups in total. The molecule has 0 aliphatic carbocycles. The first-order chi connectivity index (χ1) is 6.93. The Morgan fingerprint density at radius 3 is 2.60 bits per heavy atom. The van der Waals surface area contributed by atoms with Crippen LogP contribution in [0.4, 0.5) is 0 Å². The van der Waals surface area contributed by atoms with Gasteiger partial charge in [-0.1, -0.05) is 13.8 Å². The Morgan fingerprint density at radius 2 is 2.13 bits per heavy atom. The van der Waals surface area contributed by atoms with Crippen molar-refractivity contribution in [1.29, 1.82) is 0 Å². The number of H-pyrrole nitrogens is 1. The second-order valence-corrected chi connectivity index (χ2v) is 3.92. The number of nitrogens with one attached hydrogen (secondary N) is 1. The Labute approximate surface area is 87.7 Å². The normalized spacial score (nSPS) is 10.9. The molecule has 5 nitrogen and oxygen atoms in total. The zero-order valence-electron chi connectivity index (χ0n) is 9.20. The molecule has 0 atom stereocenters. The van der Waals surface area contributed by atoms with Gasteiger partial charge in [0.1, 0.15) is 0 Å². The van der Waals surface area contributed by atoms with Gasteiger partial charge in [-0.3, -0.25) is 19.4 Å². The van der Waals surface area contributed by atoms with Crippen molar-refractivity contribution in [3.05, 3.63) is 21.6 Å². The van der Waals surface area contributed by atoms with Crippen LogP contribution in [0.3, 0.4) is 0 Å². The molecule has 1 rings (SSSR count). The SMILES string of the molecule is CC(C)c1[nH]n(C)c(=O)c1CCC(=O)O. The summed E-state index contributed by atoms with van der Waals surface area (Å²) in [6.45, 7) is 3.94. The number of nitrogens with zero attached hydrogens (tertiary/aromatic N) is 1. The van der Waals surface area contributed by atoms with Crippen molar-refractivity contribution in [2.75, 3.05) is 0 Å². The molecule has 0 aliphatic heterocycles. The molecule has 0 spiro atoms. The zero-order valence-corrected chi connectivity index (χ0v) is 9.20. The van der Waals surface area contributed by atoms with Crippen LogP contribution >= 0.6 is 0 Å². The Morgan fingerprint density at radius 1 is 1.53 bits per heavy atom. The number of rotatable bonds is 4. The molecule has 0 aromatic carbocycles. The predicted molar refractivity (Wildman–Crippen MR) is 56.1 cm³/mol. The van der Waals surface area contributed by atoms with E-state index in [1.165, 1.54) is 4.68 Å². The third kappa shape index (κ3) is 2.49. The Hall–Kier alpha value is -1.52. The van der Waals surface area contributed by atoms with Crippen LogP contribution in [0, 0.1) is 0 Å². The Kier molecular flexibility index (Phi) is 3.34. The minimum Gasteiger partial charge on any atom is -0.481 e. The van der Waals surface area contributed by atoms with Gasteiger partial charge in [0.15, 0.2) is 0 Å². The van der Waals surface area contributed by atoms with E-state index >= 15 is 0 Å². The van der Waals surface area contributed by atoms with Crippen LogP contribution in [0.5, 0.6) is 0 Å². The summed E-state index contributed by atoms with van der Waals surface area (Å²) in [5.74, 6) is -0.685. The lowest BCUT2D eigenvalue weighted by atomic mass is 10.0. The summed E-state index contributed by atoms with van der Waals surface area (Å²) >= 11 is 0. The van der Waals surface area contributed by atoms with Gasteiger partial charge in [-0.15, -0.1) is 0 Å². The van der Waals surface area contributed by atoms with Crippen LogP contribution in [-0.4, -0.2) is 20.9 Å². The summed E-state index contributed by atoms with van der Waals surface area (Å²) in [7, 11) is 1.64. The molecule has 0 unspecified atom stereocenters. The minimum atomic E-state index is -0.882. The number of hydrogen-bond acceptors (Lipinski definition) is 2. The molecule has 1 aromatic rings. The third-order valence-electron chi connectivity index (χ3n) is 2.34. The molecule has 5 heteroatoms. The van der Waals surface area contributed by atoms with Gasteiger partial charge < -0.3 is 5.11 Å². The summed E-state index contributed by atoms with van der Waals surface area (Å²) < 4.78 is 1.40. The van der Waals surface area contributed by atoms with Crippen molar-refractivity contribution in [2.24, 2.45) is 7.05 Å². The second kappa shape index (κ2) is 4.33. The van der Waals surface area contributed by atoms with Crippen LogP contribution < -0.4 is 5.56 Å². The molecule has 15 heavy (non-hydrogen) atoms. The molecule has 0 amide bonds. The highest BCUT2D eigenvalue weighted by molar-refractivity contribution is 5.67. The van der Waals surface area contributed by atoms with E-state index < -0.39 is 5.97 Å². The van der Waals surface area contributed by atoms with E-state index in [-0.39, 0.29) is 17.9 Å². The monoisotopic (exact) mass is 212 g/mol. The average molecular weight is 212 g/mol. The van der Waals surface area contributed by atoms with E-state index in [0.29, 0.717) is 12.0 Å². The maximum Gasteiger partial charge on any atom is 0.303 e. The van der Waals surface area contributed by atoms with Crippen molar-refractivity contribution in [1.82, 2.24) is 9.78 Å². The topological polar surface area (TPSA) is 75.1 Å². The summed E-state index contributed by atoms with van der Waals surface area (Å²) in [6.07, 6.45) is 0.284. The molecule has 0 radical (unpaired) electrons. The smallest absolute Gasteiger partial charge is 0.303 e. The number of aromatic amines is 1. The zero-order chi connectivity index (χ0) is 11.6. The number of aromatic nitrogens is 2. The minimum absolute atomic E-state index is 0.00713. The molecule has 84 valence electrons. The van der Waals surface area contributed by atoms with Crippen LogP contribution in [0.1, 0.15) is 37.4 Å². The number of carboxylic acid groups (broad SMARTS) is 1. The van der Waals surface area contributed by atoms with E-state index in [4.69, 9.17) is 5.11 Å². The van der Waals surface area contributed by atoms with Crippen LogP contribution in [0.25, 0.3) is 0 Å². The van der Waals surface area contributed by atoms with Crippen molar-refractivity contribution in [2.45, 2.75) is 32.6 Å². The maximum absolute atomic E-state index is 11.6. The summed E-state index contributed by atoms with van der Waals surface area (Å²) in [5, 5.41) is 11.5. The van der Waals surface area contributed by atoms with E-state index in [9.17, 15) is 9.59 Å². The first-order valence-corrected chi connectivity index (χ1v) is 4.93. The van der Waals surface area contributed by atoms with Gasteiger partial charge in [-0.25, -0.2) is 0 Å². The van der Waals surface area contributed by atoms with Crippen molar-refractivity contribution in [3.63, 3.8) is 0 Å². The molecule has 1 aromatic heterocycles. The highest BCUT2D eigenvalue weighted by Gasteiger charge is 2.15. The standard InChI is InChI=1S/C10H16N2O3/c1-6(2)9-7(4-5-8(13)14)10(15)12(3)11-9/h6,11H,4-5H2,1-3H3,(H,13,14). The maximum atomic E-state index is 11.6. The number of aliphatic carboxylic acids is 1. The first-order valence-electron chi connectivity index (χ1n) is 4.93. The van der Waals surface area contributed by atoms with Gasteiger partial charge in [0.05, 0.1) is 0 Å². The van der Waals surface area contributed by atoms with Gasteiger partial charge in [0.25, 0.3) is 5.56 Å². The molecular weight excluding hydrogens is 196 g/mol. The molecule has 0 saturated carbocycles. The fraction of sp³-hybridized carbons (Fsp3) is 0.600. The lowest BCUT2D eigenvalue weighted by Crippen LogP contribution is -2.16. The van der Waals surface area contributed by atoms with Crippen molar-refractivity contribution >= 4 is 5.97 Å². The largest absolute Gasteiger partial charge is 0.481 e. The average Bonchev–Trinajstić information content (AvgIpc) is 2.41. The van der Waals surface area contributed by atoms with Crippen molar-refractivity contribution in [3.8, 4) is 0 Å². The summed E-state index contributed by atoms with van der Waals surface area (Å²) in [5.41, 5.74) is 1.30. The van der Waals surface area contributed by atoms with Crippen LogP contribution in [-0.2, 0) is 18.3 Å². The van der Waals surface area contributed by atoms with Crippen molar-refractivity contribution < 1.29 is 9.90 Å². The number of aryl methyl sites for hydroxylation is 1. The second-order valence-electron chi connectivity index (χ2n) is 3.92. The number of carbonyl (C=O) groups is 1. The fourth-order valence-electron chi connectivity index (χ4n) is 1.57. The van der Waals surface area contributed by atoms with Crippen LogP contribution in [0.2, 0.25) is 0 Å². The van der Waals surface area contributed by atoms with Gasteiger partial charge >= 0.3 is 5.97 Å². The van der Waals surface area contributed by atoms with Crippen LogP contribution in [0.15, 0.2) is 4.79 Å². The molecular formula is C10H16N2O3. The van der Waals surface area contributed by atoms with Gasteiger partial charge in [-0.05, 0) is 12.3 Å². The first kappa shape index (κ1) is 11.6. The molecule has 0 aliphatic rings. The molecule has 0 bridgehead atoms. The molecule has 1 heterocycles. The predicted octanol–water partition coefficient (Wildman–Crippen LogP) is 0.854. The van der Waals surface area contributed by atoms with E-state index in [0.717, 1.165) is 5.69 Å². The Bertz CT molecular complexity index is 415. The summed E-state index contributed by atoms with van der Waals surface area (Å²) in [6, 6.07) is 0. The number of hydrogen-bond donors (Lipinski definition) is 2. The third-order valence-corrected chi connectivity index (χ3v) is 2.34. The van der Waals surface area contributed by atoms with Gasteiger partial charge in [0, 0.05) is 24.7 Å². The lowest BCUT2D eigenvalue weighted by Gasteiger charge is -2.03. The highest BCUT2D eigenvalue weighted by Crippen LogP contribution is 2.15. The summed E-state index contributed by atoms with van der Waals surface area (Å²) in [4.78, 5) is 22.1. The fourth-order valence-corrected chi connectivity index (χ4v) is 1.57. The Balaban J connectivity index is 3.03. The van der Waals surface area contributed by atoms with Gasteiger partial charge in [0.2, 0.25) is 0 Å². The highest BCUT2D eigenvalue weighted by atomic mass is 16.4. The van der Waals surface area contributed by atoms with Gasteiger partial charge in [-0.2, -0.15) is 0 Å². The van der Waals surface area contributed by atoms with E-state index in [1.807, 2.05) is 13.8 Å². The van der Waals surface area contributed by atoms with E-state index in [1.54, 1.807) is 7.05 Å². The quantitative estimate of drug-likeness (QED) is 0.777. The van der Waals surface area contributed by atoms with E-state index in [2.05, 4.69) is 5.10 Å². The number of carboxylic acids is 1. The molecule has 0 fully saturated rings.